The maximum absolute atomic E-state index is 6.26. The van der Waals surface area contributed by atoms with Gasteiger partial charge in [0.25, 0.3) is 0 Å². The molecule has 0 amide bonds. The van der Waals surface area contributed by atoms with Crippen molar-refractivity contribution in [3.05, 3.63) is 77.9 Å². The van der Waals surface area contributed by atoms with Crippen molar-refractivity contribution in [2.24, 2.45) is 0 Å². The Bertz CT molecular complexity index is 1460. The van der Waals surface area contributed by atoms with E-state index in [1.54, 1.807) is 7.11 Å². The molecular formula is C32H34BNO3. The van der Waals surface area contributed by atoms with Gasteiger partial charge in [0.15, 0.2) is 0 Å². The van der Waals surface area contributed by atoms with E-state index >= 15 is 0 Å². The molecule has 1 fully saturated rings. The van der Waals surface area contributed by atoms with Gasteiger partial charge in [-0.25, -0.2) is 4.98 Å². The van der Waals surface area contributed by atoms with Gasteiger partial charge in [0.2, 0.25) is 0 Å². The van der Waals surface area contributed by atoms with E-state index in [2.05, 4.69) is 94.4 Å². The van der Waals surface area contributed by atoms with Crippen molar-refractivity contribution in [1.82, 2.24) is 4.98 Å². The predicted octanol–water partition coefficient (Wildman–Crippen LogP) is 6.76. The summed E-state index contributed by atoms with van der Waals surface area (Å²) in [6.45, 7) is 8.34. The topological polar surface area (TPSA) is 40.6 Å². The molecule has 2 heterocycles. The van der Waals surface area contributed by atoms with E-state index in [4.69, 9.17) is 19.0 Å². The van der Waals surface area contributed by atoms with Crippen LogP contribution in [-0.2, 0) is 22.2 Å². The number of pyridine rings is 1. The summed E-state index contributed by atoms with van der Waals surface area (Å²) in [6, 6.07) is 23.5. The standard InChI is InChI=1S/C32H34BNO3/c1-31(2)32(3,4)37-33(36-31)24-17-14-22(15-18-24)27-20-23-11-7-9-13-26(23)30(34-27)29-25-12-8-6-10-21(25)16-19-28(29)35-5/h6,8,10,12,14-20H,7,9,11,13H2,1-5H3. The van der Waals surface area contributed by atoms with E-state index in [9.17, 15) is 0 Å². The second-order valence-electron chi connectivity index (χ2n) is 11.3. The summed E-state index contributed by atoms with van der Waals surface area (Å²) < 4.78 is 18.4. The summed E-state index contributed by atoms with van der Waals surface area (Å²) in [4.78, 5) is 5.32. The fraction of sp³-hybridized carbons (Fsp3) is 0.344. The number of fused-ring (bicyclic) bond motifs is 2. The number of aryl methyl sites for hydroxylation is 1. The Morgan fingerprint density at radius 2 is 1.54 bits per heavy atom. The molecule has 188 valence electrons. The monoisotopic (exact) mass is 491 g/mol. The molecule has 5 heteroatoms. The lowest BCUT2D eigenvalue weighted by molar-refractivity contribution is 0.00578. The van der Waals surface area contributed by atoms with Crippen LogP contribution in [0.25, 0.3) is 33.3 Å². The van der Waals surface area contributed by atoms with Crippen molar-refractivity contribution in [3.63, 3.8) is 0 Å². The molecule has 0 atom stereocenters. The molecule has 0 unspecified atom stereocenters. The van der Waals surface area contributed by atoms with E-state index in [1.165, 1.54) is 34.7 Å². The molecule has 1 aromatic heterocycles. The van der Waals surface area contributed by atoms with Gasteiger partial charge in [-0.15, -0.1) is 0 Å². The Hall–Kier alpha value is -3.15. The molecule has 37 heavy (non-hydrogen) atoms. The van der Waals surface area contributed by atoms with Crippen molar-refractivity contribution in [1.29, 1.82) is 0 Å². The molecule has 2 aliphatic rings. The first-order valence-corrected chi connectivity index (χ1v) is 13.3. The molecule has 6 rings (SSSR count). The molecule has 4 aromatic rings. The normalized spacial score (nSPS) is 18.1. The highest BCUT2D eigenvalue weighted by Crippen LogP contribution is 2.42. The van der Waals surface area contributed by atoms with E-state index in [0.29, 0.717) is 0 Å². The Morgan fingerprint density at radius 3 is 2.27 bits per heavy atom. The van der Waals surface area contributed by atoms with E-state index in [-0.39, 0.29) is 18.3 Å². The van der Waals surface area contributed by atoms with Crippen LogP contribution in [0.5, 0.6) is 5.75 Å². The van der Waals surface area contributed by atoms with Crippen LogP contribution in [0.15, 0.2) is 66.7 Å². The maximum Gasteiger partial charge on any atom is 0.494 e. The third kappa shape index (κ3) is 4.15. The van der Waals surface area contributed by atoms with Crippen LogP contribution >= 0.6 is 0 Å². The zero-order valence-electron chi connectivity index (χ0n) is 22.4. The van der Waals surface area contributed by atoms with E-state index < -0.39 is 0 Å². The Morgan fingerprint density at radius 1 is 0.838 bits per heavy atom. The highest BCUT2D eigenvalue weighted by Gasteiger charge is 2.51. The lowest BCUT2D eigenvalue weighted by atomic mass is 9.78. The SMILES string of the molecule is COc1ccc2ccccc2c1-c1nc(-c2ccc(B3OC(C)(C)C(C)(C)O3)cc2)cc2c1CCCC2. The van der Waals surface area contributed by atoms with Gasteiger partial charge in [-0.1, -0.05) is 54.6 Å². The van der Waals surface area contributed by atoms with Crippen molar-refractivity contribution in [3.8, 4) is 28.3 Å². The van der Waals surface area contributed by atoms with Crippen LogP contribution in [0.2, 0.25) is 0 Å². The van der Waals surface area contributed by atoms with Gasteiger partial charge in [0.1, 0.15) is 5.75 Å². The Balaban J connectivity index is 1.45. The van der Waals surface area contributed by atoms with Crippen LogP contribution in [0, 0.1) is 0 Å². The molecule has 1 aliphatic heterocycles. The zero-order valence-corrected chi connectivity index (χ0v) is 22.4. The van der Waals surface area contributed by atoms with E-state index in [1.807, 2.05) is 0 Å². The molecule has 0 radical (unpaired) electrons. The van der Waals surface area contributed by atoms with Gasteiger partial charge in [-0.2, -0.15) is 0 Å². The fourth-order valence-corrected chi connectivity index (χ4v) is 5.55. The average Bonchev–Trinajstić information content (AvgIpc) is 3.13. The fourth-order valence-electron chi connectivity index (χ4n) is 5.55. The number of rotatable bonds is 4. The number of hydrogen-bond donors (Lipinski definition) is 0. The largest absolute Gasteiger partial charge is 0.496 e. The summed E-state index contributed by atoms with van der Waals surface area (Å²) in [7, 11) is 1.38. The third-order valence-corrected chi connectivity index (χ3v) is 8.42. The van der Waals surface area contributed by atoms with E-state index in [0.717, 1.165) is 46.6 Å². The number of hydrogen-bond acceptors (Lipinski definition) is 4. The molecule has 1 saturated heterocycles. The van der Waals surface area contributed by atoms with Gasteiger partial charge in [0.05, 0.1) is 35.3 Å². The van der Waals surface area contributed by atoms with Crippen LogP contribution in [0.1, 0.15) is 51.7 Å². The van der Waals surface area contributed by atoms with Gasteiger partial charge in [-0.05, 0) is 92.9 Å². The number of benzene rings is 3. The predicted molar refractivity (Wildman–Crippen MR) is 152 cm³/mol. The third-order valence-electron chi connectivity index (χ3n) is 8.42. The van der Waals surface area contributed by atoms with Crippen molar-refractivity contribution in [2.75, 3.05) is 7.11 Å². The first-order valence-electron chi connectivity index (χ1n) is 13.3. The lowest BCUT2D eigenvalue weighted by Gasteiger charge is -2.32. The molecule has 0 N–H and O–H groups in total. The van der Waals surface area contributed by atoms with Crippen molar-refractivity contribution in [2.45, 2.75) is 64.6 Å². The molecule has 0 spiro atoms. The van der Waals surface area contributed by atoms with Crippen LogP contribution in [0.3, 0.4) is 0 Å². The number of aromatic nitrogens is 1. The lowest BCUT2D eigenvalue weighted by Crippen LogP contribution is -2.41. The molecular weight excluding hydrogens is 457 g/mol. The summed E-state index contributed by atoms with van der Waals surface area (Å²) in [5.74, 6) is 0.868. The highest BCUT2D eigenvalue weighted by atomic mass is 16.7. The molecule has 0 bridgehead atoms. The summed E-state index contributed by atoms with van der Waals surface area (Å²) >= 11 is 0. The van der Waals surface area contributed by atoms with Gasteiger partial charge in [0, 0.05) is 5.56 Å². The number of nitrogens with zero attached hydrogens (tertiary/aromatic N) is 1. The minimum atomic E-state index is -0.369. The quantitative estimate of drug-likeness (QED) is 0.296. The zero-order chi connectivity index (χ0) is 25.8. The molecule has 3 aromatic carbocycles. The van der Waals surface area contributed by atoms with Crippen molar-refractivity contribution < 1.29 is 14.0 Å². The molecule has 4 nitrogen and oxygen atoms in total. The average molecular weight is 491 g/mol. The molecule has 1 aliphatic carbocycles. The summed E-state index contributed by atoms with van der Waals surface area (Å²) in [5, 5.41) is 2.37. The van der Waals surface area contributed by atoms with Gasteiger partial charge < -0.3 is 14.0 Å². The summed E-state index contributed by atoms with van der Waals surface area (Å²) in [6.07, 6.45) is 4.53. The maximum atomic E-state index is 6.26. The Kier molecular flexibility index (Phi) is 5.89. The summed E-state index contributed by atoms with van der Waals surface area (Å²) in [5.41, 5.74) is 7.29. The number of methoxy groups -OCH3 is 1. The number of ether oxygens (including phenoxy) is 1. The second-order valence-corrected chi connectivity index (χ2v) is 11.3. The highest BCUT2D eigenvalue weighted by molar-refractivity contribution is 6.62. The minimum absolute atomic E-state index is 0.358. The van der Waals surface area contributed by atoms with Gasteiger partial charge in [-0.3, -0.25) is 0 Å². The van der Waals surface area contributed by atoms with Crippen LogP contribution in [-0.4, -0.2) is 30.4 Å². The van der Waals surface area contributed by atoms with Gasteiger partial charge >= 0.3 is 7.12 Å². The first kappa shape index (κ1) is 24.2. The van der Waals surface area contributed by atoms with Crippen LogP contribution < -0.4 is 10.2 Å². The minimum Gasteiger partial charge on any atom is -0.496 e. The smallest absolute Gasteiger partial charge is 0.494 e. The first-order chi connectivity index (χ1) is 17.8. The molecule has 0 saturated carbocycles. The van der Waals surface area contributed by atoms with Crippen LogP contribution in [0.4, 0.5) is 0 Å². The van der Waals surface area contributed by atoms with Crippen molar-refractivity contribution >= 4 is 23.4 Å². The Labute approximate surface area is 220 Å². The second kappa shape index (κ2) is 9.00.